The number of unbranched alkanes of at least 4 members (excludes halogenated alkanes) is 3. The van der Waals surface area contributed by atoms with E-state index in [0.29, 0.717) is 0 Å². The molecule has 0 amide bonds. The van der Waals surface area contributed by atoms with Crippen LogP contribution in [0.4, 0.5) is 0 Å². The minimum Gasteiger partial charge on any atom is -0.872 e. The SMILES string of the molecule is CCCCCC[n+]1ccccc1.O=C(O)c1ccc([O-])cc1. The molecule has 2 aromatic rings. The summed E-state index contributed by atoms with van der Waals surface area (Å²) in [6, 6.07) is 11.2. The lowest BCUT2D eigenvalue weighted by molar-refractivity contribution is -0.697. The normalized spacial score (nSPS) is 9.68. The lowest BCUT2D eigenvalue weighted by Crippen LogP contribution is -2.32. The molecule has 0 aliphatic rings. The second kappa shape index (κ2) is 10.4. The van der Waals surface area contributed by atoms with E-state index in [1.807, 2.05) is 0 Å². The van der Waals surface area contributed by atoms with Crippen LogP contribution in [0.2, 0.25) is 0 Å². The maximum atomic E-state index is 10.5. The average Bonchev–Trinajstić information content (AvgIpc) is 2.54. The van der Waals surface area contributed by atoms with Gasteiger partial charge >= 0.3 is 5.97 Å². The van der Waals surface area contributed by atoms with Gasteiger partial charge in [0.2, 0.25) is 0 Å². The molecule has 2 rings (SSSR count). The Morgan fingerprint density at radius 2 is 1.68 bits per heavy atom. The summed E-state index contributed by atoms with van der Waals surface area (Å²) in [6.45, 7) is 3.41. The van der Waals surface area contributed by atoms with Crippen LogP contribution in [0, 0.1) is 0 Å². The van der Waals surface area contributed by atoms with Crippen molar-refractivity contribution in [2.45, 2.75) is 39.2 Å². The molecule has 4 heteroatoms. The van der Waals surface area contributed by atoms with E-state index < -0.39 is 5.97 Å². The standard InChI is InChI=1S/C11H18N.C7H6O3/c1-2-3-4-6-9-12-10-7-5-8-11-12;8-6-3-1-5(2-4-6)7(9)10/h5,7-8,10-11H,2-4,6,9H2,1H3;1-4,8H,(H,9,10)/q+1;/p-1. The number of benzene rings is 1. The molecule has 1 aromatic carbocycles. The van der Waals surface area contributed by atoms with Crippen molar-refractivity contribution >= 4 is 5.97 Å². The van der Waals surface area contributed by atoms with Crippen LogP contribution in [0.1, 0.15) is 43.0 Å². The summed E-state index contributed by atoms with van der Waals surface area (Å²) < 4.78 is 2.25. The van der Waals surface area contributed by atoms with E-state index in [-0.39, 0.29) is 11.3 Å². The Labute approximate surface area is 131 Å². The zero-order chi connectivity index (χ0) is 16.2. The second-order valence-electron chi connectivity index (χ2n) is 5.00. The van der Waals surface area contributed by atoms with E-state index in [1.165, 1.54) is 56.5 Å². The van der Waals surface area contributed by atoms with E-state index in [0.717, 1.165) is 0 Å². The number of carbonyl (C=O) groups is 1. The summed E-state index contributed by atoms with van der Waals surface area (Å²) >= 11 is 0. The molecule has 4 nitrogen and oxygen atoms in total. The van der Waals surface area contributed by atoms with Crippen LogP contribution >= 0.6 is 0 Å². The highest BCUT2D eigenvalue weighted by atomic mass is 16.4. The van der Waals surface area contributed by atoms with Gasteiger partial charge in [0.25, 0.3) is 0 Å². The van der Waals surface area contributed by atoms with Gasteiger partial charge in [-0.15, -0.1) is 5.75 Å². The molecule has 0 aliphatic heterocycles. The highest BCUT2D eigenvalue weighted by Crippen LogP contribution is 2.05. The molecular weight excluding hydrogens is 278 g/mol. The van der Waals surface area contributed by atoms with E-state index in [2.05, 4.69) is 42.1 Å². The number of carboxylic acids is 1. The zero-order valence-corrected chi connectivity index (χ0v) is 12.9. The minimum absolute atomic E-state index is 0.139. The Morgan fingerprint density at radius 3 is 2.23 bits per heavy atom. The smallest absolute Gasteiger partial charge is 0.335 e. The summed E-state index contributed by atoms with van der Waals surface area (Å²) in [5.74, 6) is -1.19. The van der Waals surface area contributed by atoms with Gasteiger partial charge in [0.15, 0.2) is 12.4 Å². The van der Waals surface area contributed by atoms with Crippen molar-refractivity contribution in [3.8, 4) is 5.75 Å². The molecule has 0 radical (unpaired) electrons. The van der Waals surface area contributed by atoms with Gasteiger partial charge < -0.3 is 10.2 Å². The van der Waals surface area contributed by atoms with Crippen molar-refractivity contribution in [1.29, 1.82) is 0 Å². The summed E-state index contributed by atoms with van der Waals surface area (Å²) in [4.78, 5) is 10.2. The Morgan fingerprint density at radius 1 is 1.05 bits per heavy atom. The molecule has 0 fully saturated rings. The predicted molar refractivity (Wildman–Crippen MR) is 83.6 cm³/mol. The summed E-state index contributed by atoms with van der Waals surface area (Å²) in [5, 5.41) is 18.8. The van der Waals surface area contributed by atoms with E-state index in [1.54, 1.807) is 0 Å². The first-order valence-electron chi connectivity index (χ1n) is 7.58. The molecule has 0 saturated carbocycles. The number of hydrogen-bond acceptors (Lipinski definition) is 2. The number of carboxylic acid groups (broad SMARTS) is 1. The van der Waals surface area contributed by atoms with Crippen molar-refractivity contribution in [3.63, 3.8) is 0 Å². The predicted octanol–water partition coefficient (Wildman–Crippen LogP) is 3.01. The zero-order valence-electron chi connectivity index (χ0n) is 12.9. The Hall–Kier alpha value is -2.36. The third-order valence-corrected chi connectivity index (χ3v) is 3.15. The monoisotopic (exact) mass is 301 g/mol. The van der Waals surface area contributed by atoms with Gasteiger partial charge in [-0.3, -0.25) is 0 Å². The second-order valence-corrected chi connectivity index (χ2v) is 5.00. The molecule has 0 spiro atoms. The number of nitrogens with zero attached hydrogens (tertiary/aromatic N) is 1. The largest absolute Gasteiger partial charge is 0.872 e. The molecule has 1 N–H and O–H groups in total. The Kier molecular flexibility index (Phi) is 8.35. The van der Waals surface area contributed by atoms with Crippen LogP contribution in [0.5, 0.6) is 5.75 Å². The van der Waals surface area contributed by atoms with Crippen molar-refractivity contribution in [2.75, 3.05) is 0 Å². The topological polar surface area (TPSA) is 64.2 Å². The number of hydrogen-bond donors (Lipinski definition) is 1. The third kappa shape index (κ3) is 7.43. The fourth-order valence-electron chi connectivity index (χ4n) is 1.90. The number of pyridine rings is 1. The maximum absolute atomic E-state index is 10.5. The maximum Gasteiger partial charge on any atom is 0.335 e. The first-order chi connectivity index (χ1) is 10.6. The lowest BCUT2D eigenvalue weighted by atomic mass is 10.2. The molecular formula is C18H23NO3. The van der Waals surface area contributed by atoms with Crippen LogP contribution in [0.3, 0.4) is 0 Å². The molecule has 0 unspecified atom stereocenters. The van der Waals surface area contributed by atoms with Crippen molar-refractivity contribution in [1.82, 2.24) is 0 Å². The van der Waals surface area contributed by atoms with Gasteiger partial charge in [-0.2, -0.15) is 0 Å². The molecule has 0 bridgehead atoms. The van der Waals surface area contributed by atoms with Gasteiger partial charge in [0.1, 0.15) is 6.54 Å². The van der Waals surface area contributed by atoms with Crippen molar-refractivity contribution in [2.24, 2.45) is 0 Å². The molecule has 1 heterocycles. The summed E-state index contributed by atoms with van der Waals surface area (Å²) in [6.07, 6.45) is 9.62. The molecule has 1 aromatic heterocycles. The fraction of sp³-hybridized carbons (Fsp3) is 0.333. The van der Waals surface area contributed by atoms with Crippen LogP contribution in [-0.2, 0) is 6.54 Å². The van der Waals surface area contributed by atoms with Crippen molar-refractivity contribution in [3.05, 3.63) is 60.4 Å². The quantitative estimate of drug-likeness (QED) is 0.659. The fourth-order valence-corrected chi connectivity index (χ4v) is 1.90. The highest BCUT2D eigenvalue weighted by molar-refractivity contribution is 5.87. The summed E-state index contributed by atoms with van der Waals surface area (Å²) in [5.41, 5.74) is 0.139. The Bertz CT molecular complexity index is 538. The van der Waals surface area contributed by atoms with E-state index in [4.69, 9.17) is 5.11 Å². The lowest BCUT2D eigenvalue weighted by Gasteiger charge is -2.02. The van der Waals surface area contributed by atoms with Crippen LogP contribution in [0.15, 0.2) is 54.9 Å². The molecule has 0 saturated heterocycles. The Balaban J connectivity index is 0.000000224. The van der Waals surface area contributed by atoms with Gasteiger partial charge in [-0.05, 0) is 18.6 Å². The highest BCUT2D eigenvalue weighted by Gasteiger charge is 1.97. The summed E-state index contributed by atoms with van der Waals surface area (Å²) in [7, 11) is 0. The number of aromatic carboxylic acids is 1. The van der Waals surface area contributed by atoms with Gasteiger partial charge in [0.05, 0.1) is 5.56 Å². The molecule has 22 heavy (non-hydrogen) atoms. The van der Waals surface area contributed by atoms with Gasteiger partial charge in [-0.1, -0.05) is 38.0 Å². The number of aromatic nitrogens is 1. The van der Waals surface area contributed by atoms with Crippen molar-refractivity contribution < 1.29 is 19.6 Å². The van der Waals surface area contributed by atoms with Crippen LogP contribution < -0.4 is 9.67 Å². The first-order valence-corrected chi connectivity index (χ1v) is 7.58. The third-order valence-electron chi connectivity index (χ3n) is 3.15. The van der Waals surface area contributed by atoms with E-state index >= 15 is 0 Å². The first kappa shape index (κ1) is 17.7. The molecule has 118 valence electrons. The van der Waals surface area contributed by atoms with E-state index in [9.17, 15) is 9.90 Å². The molecule has 0 aliphatic carbocycles. The van der Waals surface area contributed by atoms with Crippen LogP contribution in [0.25, 0.3) is 0 Å². The number of rotatable bonds is 6. The van der Waals surface area contributed by atoms with Gasteiger partial charge in [0, 0.05) is 18.6 Å². The van der Waals surface area contributed by atoms with Gasteiger partial charge in [-0.25, -0.2) is 9.36 Å². The molecule has 0 atom stereocenters. The van der Waals surface area contributed by atoms with Crippen LogP contribution in [-0.4, -0.2) is 11.1 Å². The number of aryl methyl sites for hydroxylation is 1. The average molecular weight is 301 g/mol. The minimum atomic E-state index is -1.01.